The van der Waals surface area contributed by atoms with Crippen LogP contribution in [0.2, 0.25) is 0 Å². The lowest BCUT2D eigenvalue weighted by molar-refractivity contribution is -0.219. The van der Waals surface area contributed by atoms with Crippen molar-refractivity contribution in [2.24, 2.45) is 0 Å². The molecule has 0 spiro atoms. The summed E-state index contributed by atoms with van der Waals surface area (Å²) in [6.07, 6.45) is -5.09. The number of aliphatic hydroxyl groups excluding tert-OH is 3. The molecule has 4 N–H and O–H groups in total. The number of aromatic hydroxyl groups is 1. The van der Waals surface area contributed by atoms with E-state index in [1.54, 1.807) is 31.2 Å². The van der Waals surface area contributed by atoms with Crippen LogP contribution in [-0.4, -0.2) is 59.1 Å². The molecule has 1 aromatic heterocycles. The summed E-state index contributed by atoms with van der Waals surface area (Å²) < 4.78 is 22.0. The first-order valence-electron chi connectivity index (χ1n) is 9.98. The summed E-state index contributed by atoms with van der Waals surface area (Å²) in [6, 6.07) is 7.99. The maximum atomic E-state index is 13.3. The van der Waals surface area contributed by atoms with Gasteiger partial charge in [0.25, 0.3) is 0 Å². The summed E-state index contributed by atoms with van der Waals surface area (Å²) in [5.41, 5.74) is 0.351. The second kappa shape index (κ2) is 8.44. The molecule has 1 aliphatic rings. The van der Waals surface area contributed by atoms with Gasteiger partial charge in [-0.25, -0.2) is 0 Å². The van der Waals surface area contributed by atoms with Gasteiger partial charge >= 0.3 is 0 Å². The van der Waals surface area contributed by atoms with Gasteiger partial charge in [0, 0.05) is 6.07 Å². The Morgan fingerprint density at radius 2 is 1.66 bits per heavy atom. The van der Waals surface area contributed by atoms with Gasteiger partial charge in [-0.1, -0.05) is 12.1 Å². The fourth-order valence-electron chi connectivity index (χ4n) is 3.98. The van der Waals surface area contributed by atoms with Crippen LogP contribution in [0.25, 0.3) is 22.1 Å². The van der Waals surface area contributed by atoms with Crippen molar-refractivity contribution in [1.29, 1.82) is 0 Å². The number of phenols is 1. The van der Waals surface area contributed by atoms with E-state index in [1.165, 1.54) is 26.5 Å². The molecule has 1 fully saturated rings. The second-order valence-electron chi connectivity index (χ2n) is 7.66. The Bertz CT molecular complexity index is 1180. The molecule has 4 rings (SSSR count). The molecule has 0 aliphatic carbocycles. The quantitative estimate of drug-likeness (QED) is 0.474. The number of hydrogen-bond acceptors (Lipinski definition) is 9. The Labute approximate surface area is 183 Å². The van der Waals surface area contributed by atoms with Gasteiger partial charge < -0.3 is 39.1 Å². The van der Waals surface area contributed by atoms with Gasteiger partial charge in [0.1, 0.15) is 53.3 Å². The average Bonchev–Trinajstić information content (AvgIpc) is 2.80. The van der Waals surface area contributed by atoms with E-state index in [0.717, 1.165) is 0 Å². The number of benzene rings is 2. The molecule has 0 amide bonds. The first kappa shape index (κ1) is 22.1. The maximum Gasteiger partial charge on any atom is 0.204 e. The minimum absolute atomic E-state index is 0.0519. The number of methoxy groups -OCH3 is 2. The lowest BCUT2D eigenvalue weighted by atomic mass is 9.90. The van der Waals surface area contributed by atoms with Crippen molar-refractivity contribution < 1.29 is 39.1 Å². The third-order valence-electron chi connectivity index (χ3n) is 5.79. The summed E-state index contributed by atoms with van der Waals surface area (Å²) in [4.78, 5) is 13.3. The van der Waals surface area contributed by atoms with Crippen molar-refractivity contribution in [3.63, 3.8) is 0 Å². The van der Waals surface area contributed by atoms with Gasteiger partial charge in [-0.15, -0.1) is 0 Å². The number of phenolic OH excluding ortho intramolecular Hbond substituents is 1. The van der Waals surface area contributed by atoms with E-state index in [2.05, 4.69) is 0 Å². The summed E-state index contributed by atoms with van der Waals surface area (Å²) >= 11 is 0. The molecule has 9 nitrogen and oxygen atoms in total. The molecule has 3 aromatic rings. The van der Waals surface area contributed by atoms with E-state index in [0.29, 0.717) is 11.3 Å². The lowest BCUT2D eigenvalue weighted by Crippen LogP contribution is -2.53. The van der Waals surface area contributed by atoms with E-state index < -0.39 is 35.9 Å². The average molecular weight is 444 g/mol. The Morgan fingerprint density at radius 1 is 0.969 bits per heavy atom. The zero-order valence-electron chi connectivity index (χ0n) is 17.7. The smallest absolute Gasteiger partial charge is 0.204 e. The molecule has 170 valence electrons. The van der Waals surface area contributed by atoms with Crippen molar-refractivity contribution >= 4 is 11.0 Å². The first-order chi connectivity index (χ1) is 15.3. The van der Waals surface area contributed by atoms with Crippen LogP contribution in [0, 0.1) is 0 Å². The number of hydrogen-bond donors (Lipinski definition) is 4. The van der Waals surface area contributed by atoms with Gasteiger partial charge in [0.15, 0.2) is 5.58 Å². The van der Waals surface area contributed by atoms with Gasteiger partial charge in [0.05, 0.1) is 31.5 Å². The van der Waals surface area contributed by atoms with Crippen LogP contribution < -0.4 is 14.9 Å². The summed E-state index contributed by atoms with van der Waals surface area (Å²) in [7, 11) is 2.88. The van der Waals surface area contributed by atoms with Crippen LogP contribution in [0.15, 0.2) is 45.8 Å². The van der Waals surface area contributed by atoms with Gasteiger partial charge in [0.2, 0.25) is 5.43 Å². The molecule has 2 aromatic carbocycles. The van der Waals surface area contributed by atoms with Crippen molar-refractivity contribution in [1.82, 2.24) is 0 Å². The Balaban J connectivity index is 1.93. The Kier molecular flexibility index (Phi) is 5.83. The minimum Gasteiger partial charge on any atom is -0.507 e. The van der Waals surface area contributed by atoms with Crippen molar-refractivity contribution in [3.05, 3.63) is 52.4 Å². The van der Waals surface area contributed by atoms with Crippen LogP contribution in [0.3, 0.4) is 0 Å². The van der Waals surface area contributed by atoms with E-state index in [1.807, 2.05) is 0 Å². The number of aliphatic hydroxyl groups is 3. The molecule has 0 radical (unpaired) electrons. The third kappa shape index (κ3) is 3.49. The van der Waals surface area contributed by atoms with Crippen LogP contribution in [0.5, 0.6) is 17.2 Å². The SMILES string of the molecule is COc1ccc(-c2coc3c([C@@H]4O[C@@H](C)[C@H](O)[C@@H](O)[C@H]4O)c(OC)cc(O)c3c2=O)cc1. The molecule has 0 bridgehead atoms. The normalized spacial score (nSPS) is 25.6. The Hall–Kier alpha value is -3.11. The van der Waals surface area contributed by atoms with Crippen molar-refractivity contribution in [2.75, 3.05) is 14.2 Å². The fraction of sp³-hybridized carbons (Fsp3) is 0.348. The molecular formula is C23H24O9. The predicted octanol–water partition coefficient (Wildman–Crippen LogP) is 1.73. The largest absolute Gasteiger partial charge is 0.507 e. The molecule has 1 aliphatic heterocycles. The summed E-state index contributed by atoms with van der Waals surface area (Å²) in [5, 5.41) is 41.3. The zero-order chi connectivity index (χ0) is 23.2. The topological polar surface area (TPSA) is 139 Å². The molecule has 0 saturated carbocycles. The van der Waals surface area contributed by atoms with Gasteiger partial charge in [-0.05, 0) is 24.6 Å². The number of ether oxygens (including phenoxy) is 3. The predicted molar refractivity (Wildman–Crippen MR) is 114 cm³/mol. The highest BCUT2D eigenvalue weighted by Crippen LogP contribution is 2.43. The highest BCUT2D eigenvalue weighted by atomic mass is 16.5. The zero-order valence-corrected chi connectivity index (χ0v) is 17.7. The minimum atomic E-state index is -1.53. The Morgan fingerprint density at radius 3 is 2.28 bits per heavy atom. The molecular weight excluding hydrogens is 420 g/mol. The van der Waals surface area contributed by atoms with Gasteiger partial charge in [-0.3, -0.25) is 4.79 Å². The molecule has 9 heteroatoms. The molecule has 0 unspecified atom stereocenters. The standard InChI is InChI=1S/C23H24O9/c1-10-18(25)20(27)21(28)23(32-10)17-15(30-3)8-14(24)16-19(26)13(9-31-22(16)17)11-4-6-12(29-2)7-5-11/h4-10,18,20-21,23-25,27-28H,1-3H3/t10-,18-,20+,21+,23-/m0/s1. The fourth-order valence-corrected chi connectivity index (χ4v) is 3.98. The molecule has 1 saturated heterocycles. The van der Waals surface area contributed by atoms with Crippen LogP contribution in [-0.2, 0) is 4.74 Å². The molecule has 2 heterocycles. The van der Waals surface area contributed by atoms with E-state index in [9.17, 15) is 25.2 Å². The van der Waals surface area contributed by atoms with Crippen molar-refractivity contribution in [2.45, 2.75) is 37.4 Å². The molecule has 5 atom stereocenters. The van der Waals surface area contributed by atoms with Crippen LogP contribution in [0.4, 0.5) is 0 Å². The van der Waals surface area contributed by atoms with Gasteiger partial charge in [-0.2, -0.15) is 0 Å². The monoisotopic (exact) mass is 444 g/mol. The highest BCUT2D eigenvalue weighted by molar-refractivity contribution is 5.91. The van der Waals surface area contributed by atoms with Crippen LogP contribution in [0.1, 0.15) is 18.6 Å². The van der Waals surface area contributed by atoms with E-state index >= 15 is 0 Å². The van der Waals surface area contributed by atoms with Crippen LogP contribution >= 0.6 is 0 Å². The second-order valence-corrected chi connectivity index (χ2v) is 7.66. The first-order valence-corrected chi connectivity index (χ1v) is 9.98. The lowest BCUT2D eigenvalue weighted by Gasteiger charge is -2.39. The highest BCUT2D eigenvalue weighted by Gasteiger charge is 2.44. The number of fused-ring (bicyclic) bond motifs is 1. The number of rotatable bonds is 4. The third-order valence-corrected chi connectivity index (χ3v) is 5.79. The van der Waals surface area contributed by atoms with E-state index in [4.69, 9.17) is 18.6 Å². The van der Waals surface area contributed by atoms with Crippen molar-refractivity contribution in [3.8, 4) is 28.4 Å². The summed E-state index contributed by atoms with van der Waals surface area (Å²) in [6.45, 7) is 1.54. The van der Waals surface area contributed by atoms with E-state index in [-0.39, 0.29) is 33.6 Å². The molecule has 32 heavy (non-hydrogen) atoms. The summed E-state index contributed by atoms with van der Waals surface area (Å²) in [5.74, 6) is 0.339. The maximum absolute atomic E-state index is 13.3.